The molecule has 290 valence electrons. The topological polar surface area (TPSA) is 111 Å². The van der Waals surface area contributed by atoms with Crippen molar-refractivity contribution in [2.45, 2.75) is 131 Å². The number of carbonyl (C=O) groups excluding carboxylic acids is 4. The summed E-state index contributed by atoms with van der Waals surface area (Å²) in [6.45, 7) is 16.2. The van der Waals surface area contributed by atoms with Crippen LogP contribution in [0.25, 0.3) is 0 Å². The van der Waals surface area contributed by atoms with Gasteiger partial charge in [-0.15, -0.1) is 22.7 Å². The Morgan fingerprint density at radius 3 is 1.31 bits per heavy atom. The van der Waals surface area contributed by atoms with Crippen molar-refractivity contribution < 1.29 is 46.2 Å². The molecule has 0 bridgehead atoms. The minimum absolute atomic E-state index is 0.0356. The fourth-order valence-corrected chi connectivity index (χ4v) is 9.49. The fraction of sp³-hybridized carbons (Fsp3) is 0.684. The van der Waals surface area contributed by atoms with Crippen molar-refractivity contribution in [3.05, 3.63) is 32.0 Å². The molecule has 2 unspecified atom stereocenters. The number of rotatable bonds is 15. The van der Waals surface area contributed by atoms with Crippen LogP contribution in [-0.4, -0.2) is 48.8 Å². The van der Waals surface area contributed by atoms with Gasteiger partial charge < -0.3 is 20.1 Å². The SMILES string of the molecule is CCCOC(=O)c1c(NC(=O)C(F)(F)C(F)(F)C(=O)Nc2sc3c(c2C(=O)OCCC)CCC(C(C)(C)CC)C3)sc2c1CCC(C(C)(C)CC)C2. The van der Waals surface area contributed by atoms with E-state index < -0.39 is 35.6 Å². The first-order valence-corrected chi connectivity index (χ1v) is 19.9. The summed E-state index contributed by atoms with van der Waals surface area (Å²) < 4.78 is 72.9. The van der Waals surface area contributed by atoms with E-state index in [0.717, 1.165) is 35.5 Å². The molecule has 0 aliphatic heterocycles. The van der Waals surface area contributed by atoms with Gasteiger partial charge in [0.15, 0.2) is 0 Å². The molecule has 2 aromatic rings. The number of halogens is 4. The normalized spacial score (nSPS) is 17.9. The monoisotopic (exact) mass is 772 g/mol. The zero-order valence-electron chi connectivity index (χ0n) is 31.4. The van der Waals surface area contributed by atoms with Gasteiger partial charge in [-0.25, -0.2) is 9.59 Å². The highest BCUT2D eigenvalue weighted by molar-refractivity contribution is 7.17. The lowest BCUT2D eigenvalue weighted by Crippen LogP contribution is -2.56. The summed E-state index contributed by atoms with van der Waals surface area (Å²) in [7, 11) is 0. The number of hydrogen-bond acceptors (Lipinski definition) is 8. The van der Waals surface area contributed by atoms with E-state index in [9.17, 15) is 19.2 Å². The van der Waals surface area contributed by atoms with Gasteiger partial charge in [-0.2, -0.15) is 17.6 Å². The molecule has 14 heteroatoms. The Hall–Kier alpha value is -3.00. The van der Waals surface area contributed by atoms with Crippen molar-refractivity contribution in [3.8, 4) is 0 Å². The maximum absolute atomic E-state index is 15.6. The number of thiophene rings is 2. The average molecular weight is 773 g/mol. The van der Waals surface area contributed by atoms with Crippen molar-refractivity contribution in [3.63, 3.8) is 0 Å². The van der Waals surface area contributed by atoms with Gasteiger partial charge in [0.2, 0.25) is 0 Å². The van der Waals surface area contributed by atoms with Gasteiger partial charge in [-0.3, -0.25) is 9.59 Å². The first-order chi connectivity index (χ1) is 24.3. The first-order valence-electron chi connectivity index (χ1n) is 18.3. The fourth-order valence-electron chi connectivity index (χ4n) is 6.87. The Labute approximate surface area is 311 Å². The summed E-state index contributed by atoms with van der Waals surface area (Å²) in [5.74, 6) is -17.3. The summed E-state index contributed by atoms with van der Waals surface area (Å²) in [5.41, 5.74) is 0.735. The van der Waals surface area contributed by atoms with Crippen LogP contribution in [0.4, 0.5) is 27.6 Å². The molecule has 0 aromatic carbocycles. The van der Waals surface area contributed by atoms with Crippen molar-refractivity contribution in [1.29, 1.82) is 0 Å². The molecular formula is C38H52F4N2O6S2. The summed E-state index contributed by atoms with van der Waals surface area (Å²) >= 11 is 1.78. The van der Waals surface area contributed by atoms with Crippen LogP contribution in [0.1, 0.15) is 136 Å². The van der Waals surface area contributed by atoms with Gasteiger partial charge in [0.25, 0.3) is 0 Å². The van der Waals surface area contributed by atoms with Gasteiger partial charge in [-0.1, -0.05) is 68.2 Å². The van der Waals surface area contributed by atoms with Crippen LogP contribution in [0.5, 0.6) is 0 Å². The van der Waals surface area contributed by atoms with E-state index in [2.05, 4.69) is 41.5 Å². The molecule has 2 heterocycles. The number of nitrogens with one attached hydrogen (secondary N) is 2. The van der Waals surface area contributed by atoms with Crippen LogP contribution in [0.2, 0.25) is 0 Å². The lowest BCUT2D eigenvalue weighted by molar-refractivity contribution is -0.204. The number of hydrogen-bond donors (Lipinski definition) is 2. The van der Waals surface area contributed by atoms with Crippen LogP contribution in [-0.2, 0) is 44.7 Å². The highest BCUT2D eigenvalue weighted by Crippen LogP contribution is 2.48. The number of anilines is 2. The number of fused-ring (bicyclic) bond motifs is 2. The predicted octanol–water partition coefficient (Wildman–Crippen LogP) is 9.87. The van der Waals surface area contributed by atoms with Gasteiger partial charge in [0.05, 0.1) is 24.3 Å². The summed E-state index contributed by atoms with van der Waals surface area (Å²) in [4.78, 5) is 53.9. The Morgan fingerprint density at radius 2 is 1.00 bits per heavy atom. The number of esters is 2. The Balaban J connectivity index is 1.63. The summed E-state index contributed by atoms with van der Waals surface area (Å²) in [5, 5.41) is 3.10. The second kappa shape index (κ2) is 16.2. The third kappa shape index (κ3) is 8.22. The van der Waals surface area contributed by atoms with Crippen molar-refractivity contribution in [2.24, 2.45) is 22.7 Å². The van der Waals surface area contributed by atoms with Crippen LogP contribution < -0.4 is 10.6 Å². The second-order valence-electron chi connectivity index (χ2n) is 15.3. The Morgan fingerprint density at radius 1 is 0.654 bits per heavy atom. The molecule has 0 fully saturated rings. The Bertz CT molecular complexity index is 1540. The largest absolute Gasteiger partial charge is 0.462 e. The molecule has 0 spiro atoms. The van der Waals surface area contributed by atoms with E-state index in [1.807, 2.05) is 10.6 Å². The zero-order valence-corrected chi connectivity index (χ0v) is 33.1. The van der Waals surface area contributed by atoms with Crippen LogP contribution in [0.15, 0.2) is 0 Å². The third-order valence-electron chi connectivity index (χ3n) is 11.3. The van der Waals surface area contributed by atoms with Crippen molar-refractivity contribution in [1.82, 2.24) is 0 Å². The van der Waals surface area contributed by atoms with E-state index in [0.29, 0.717) is 72.2 Å². The van der Waals surface area contributed by atoms with Gasteiger partial charge >= 0.3 is 35.6 Å². The number of amides is 2. The number of alkyl halides is 4. The molecule has 4 rings (SSSR count). The first kappa shape index (κ1) is 41.8. The molecule has 52 heavy (non-hydrogen) atoms. The molecule has 2 aliphatic rings. The van der Waals surface area contributed by atoms with E-state index in [1.165, 1.54) is 0 Å². The third-order valence-corrected chi connectivity index (χ3v) is 13.6. The molecule has 0 radical (unpaired) electrons. The summed E-state index contributed by atoms with van der Waals surface area (Å²) in [6, 6.07) is 0. The predicted molar refractivity (Wildman–Crippen MR) is 196 cm³/mol. The molecule has 2 N–H and O–H groups in total. The van der Waals surface area contributed by atoms with E-state index in [1.54, 1.807) is 13.8 Å². The highest BCUT2D eigenvalue weighted by atomic mass is 32.1. The maximum Gasteiger partial charge on any atom is 0.396 e. The van der Waals surface area contributed by atoms with E-state index in [4.69, 9.17) is 9.47 Å². The maximum atomic E-state index is 15.6. The van der Waals surface area contributed by atoms with Crippen LogP contribution in [0, 0.1) is 22.7 Å². The second-order valence-corrected chi connectivity index (χ2v) is 17.5. The molecule has 2 aromatic heterocycles. The molecule has 0 saturated heterocycles. The molecular weight excluding hydrogens is 721 g/mol. The van der Waals surface area contributed by atoms with E-state index in [-0.39, 0.29) is 57.0 Å². The minimum atomic E-state index is -5.55. The van der Waals surface area contributed by atoms with Crippen LogP contribution >= 0.6 is 22.7 Å². The minimum Gasteiger partial charge on any atom is -0.462 e. The molecule has 0 saturated carbocycles. The molecule has 2 amide bonds. The van der Waals surface area contributed by atoms with Gasteiger partial charge in [0, 0.05) is 9.75 Å². The van der Waals surface area contributed by atoms with Crippen LogP contribution in [0.3, 0.4) is 0 Å². The lowest BCUT2D eigenvalue weighted by Gasteiger charge is -2.36. The molecule has 2 atom stereocenters. The lowest BCUT2D eigenvalue weighted by atomic mass is 9.69. The van der Waals surface area contributed by atoms with Gasteiger partial charge in [-0.05, 0) is 85.2 Å². The standard InChI is InChI=1S/C38H52F4N2O6S2/c1-9-17-49-31(45)27-23-15-13-21(35(5,6)11-3)19-25(23)51-29(27)43-33(47)37(39,40)38(41,42)34(48)44-30-28(32(46)50-18-10-2)24-16-14-22(20-26(24)52-30)36(7,8)12-4/h21-22H,9-20H2,1-8H3,(H,43,47)(H,44,48). The number of carbonyl (C=O) groups is 4. The molecule has 2 aliphatic carbocycles. The Kier molecular flexibility index (Phi) is 13.0. The summed E-state index contributed by atoms with van der Waals surface area (Å²) in [6.07, 6.45) is 6.01. The number of ether oxygens (including phenoxy) is 2. The molecule has 8 nitrogen and oxygen atoms in total. The van der Waals surface area contributed by atoms with Crippen molar-refractivity contribution in [2.75, 3.05) is 23.8 Å². The smallest absolute Gasteiger partial charge is 0.396 e. The van der Waals surface area contributed by atoms with Crippen molar-refractivity contribution >= 4 is 56.4 Å². The highest BCUT2D eigenvalue weighted by Gasteiger charge is 2.67. The van der Waals surface area contributed by atoms with Gasteiger partial charge in [0.1, 0.15) is 10.0 Å². The quantitative estimate of drug-likeness (QED) is 0.138. The van der Waals surface area contributed by atoms with E-state index >= 15 is 17.6 Å². The average Bonchev–Trinajstić information content (AvgIpc) is 3.65. The zero-order chi connectivity index (χ0) is 38.8.